The third-order valence-corrected chi connectivity index (χ3v) is 3.32. The van der Waals surface area contributed by atoms with Crippen LogP contribution in [0, 0.1) is 0 Å². The molecule has 2 aromatic carbocycles. The molecule has 0 aliphatic carbocycles. The van der Waals surface area contributed by atoms with Crippen LogP contribution in [0.5, 0.6) is 0 Å². The Kier molecular flexibility index (Phi) is 3.23. The van der Waals surface area contributed by atoms with Gasteiger partial charge in [-0.1, -0.05) is 30.3 Å². The van der Waals surface area contributed by atoms with E-state index in [2.05, 4.69) is 10.3 Å². The third-order valence-electron chi connectivity index (χ3n) is 3.32. The number of carbonyl (C=O) groups excluding carboxylic acids is 1. The second-order valence-electron chi connectivity index (χ2n) is 4.56. The molecule has 0 saturated carbocycles. The standard InChI is InChI=1S/C16H15N3O/c17-10-12-4-1-2-7-14(12)19-16(20)13-6-3-5-11-8-9-18-15(11)13/h1-9,18H,10,17H2,(H,19,20). The van der Waals surface area contributed by atoms with Crippen LogP contribution < -0.4 is 11.1 Å². The Morgan fingerprint density at radius 1 is 1.10 bits per heavy atom. The largest absolute Gasteiger partial charge is 0.361 e. The molecule has 0 unspecified atom stereocenters. The van der Waals surface area contributed by atoms with E-state index in [1.807, 2.05) is 48.7 Å². The summed E-state index contributed by atoms with van der Waals surface area (Å²) in [4.78, 5) is 15.5. The van der Waals surface area contributed by atoms with Crippen LogP contribution in [0.2, 0.25) is 0 Å². The Balaban J connectivity index is 1.95. The number of nitrogens with two attached hydrogens (primary N) is 1. The van der Waals surface area contributed by atoms with Crippen molar-refractivity contribution in [3.63, 3.8) is 0 Å². The predicted molar refractivity (Wildman–Crippen MR) is 80.6 cm³/mol. The number of hydrogen-bond acceptors (Lipinski definition) is 2. The number of amides is 1. The summed E-state index contributed by atoms with van der Waals surface area (Å²) in [5.41, 5.74) is 8.82. The van der Waals surface area contributed by atoms with Crippen molar-refractivity contribution >= 4 is 22.5 Å². The molecule has 4 nitrogen and oxygen atoms in total. The zero-order chi connectivity index (χ0) is 13.9. The molecule has 4 N–H and O–H groups in total. The highest BCUT2D eigenvalue weighted by molar-refractivity contribution is 6.12. The SMILES string of the molecule is NCc1ccccc1NC(=O)c1cccc2cc[nH]c12. The van der Waals surface area contributed by atoms with E-state index in [0.717, 1.165) is 22.2 Å². The van der Waals surface area contributed by atoms with Crippen molar-refractivity contribution in [3.8, 4) is 0 Å². The summed E-state index contributed by atoms with van der Waals surface area (Å²) in [5.74, 6) is -0.140. The Labute approximate surface area is 116 Å². The molecule has 1 amide bonds. The Bertz CT molecular complexity index is 761. The van der Waals surface area contributed by atoms with Gasteiger partial charge in [0.05, 0.1) is 11.1 Å². The summed E-state index contributed by atoms with van der Waals surface area (Å²) >= 11 is 0. The highest BCUT2D eigenvalue weighted by Gasteiger charge is 2.12. The lowest BCUT2D eigenvalue weighted by Crippen LogP contribution is -2.14. The van der Waals surface area contributed by atoms with Crippen LogP contribution in [0.15, 0.2) is 54.7 Å². The number of hydrogen-bond donors (Lipinski definition) is 3. The summed E-state index contributed by atoms with van der Waals surface area (Å²) in [7, 11) is 0. The molecule has 0 spiro atoms. The first kappa shape index (κ1) is 12.4. The number of aromatic amines is 1. The van der Waals surface area contributed by atoms with E-state index in [1.165, 1.54) is 0 Å². The van der Waals surface area contributed by atoms with Crippen molar-refractivity contribution < 1.29 is 4.79 Å². The monoisotopic (exact) mass is 265 g/mol. The van der Waals surface area contributed by atoms with Crippen LogP contribution in [-0.4, -0.2) is 10.9 Å². The van der Waals surface area contributed by atoms with Gasteiger partial charge in [0.15, 0.2) is 0 Å². The summed E-state index contributed by atoms with van der Waals surface area (Å²) in [6, 6.07) is 15.1. The Morgan fingerprint density at radius 2 is 1.95 bits per heavy atom. The van der Waals surface area contributed by atoms with Gasteiger partial charge in [0.25, 0.3) is 5.91 Å². The Hall–Kier alpha value is -2.59. The quantitative estimate of drug-likeness (QED) is 0.681. The maximum absolute atomic E-state index is 12.4. The first-order chi connectivity index (χ1) is 9.79. The molecule has 100 valence electrons. The lowest BCUT2D eigenvalue weighted by atomic mass is 10.1. The van der Waals surface area contributed by atoms with Crippen molar-refractivity contribution in [2.24, 2.45) is 5.73 Å². The zero-order valence-electron chi connectivity index (χ0n) is 10.9. The molecule has 0 aliphatic heterocycles. The highest BCUT2D eigenvalue weighted by atomic mass is 16.1. The average Bonchev–Trinajstić information content (AvgIpc) is 2.96. The van der Waals surface area contributed by atoms with Gasteiger partial charge in [-0.2, -0.15) is 0 Å². The zero-order valence-corrected chi connectivity index (χ0v) is 10.9. The lowest BCUT2D eigenvalue weighted by molar-refractivity contribution is 0.102. The molecule has 0 radical (unpaired) electrons. The van der Waals surface area contributed by atoms with Crippen molar-refractivity contribution in [2.75, 3.05) is 5.32 Å². The van der Waals surface area contributed by atoms with Crippen LogP contribution in [0.1, 0.15) is 15.9 Å². The second kappa shape index (κ2) is 5.19. The number of anilines is 1. The minimum atomic E-state index is -0.140. The maximum Gasteiger partial charge on any atom is 0.257 e. The van der Waals surface area contributed by atoms with Crippen molar-refractivity contribution in [3.05, 3.63) is 65.9 Å². The van der Waals surface area contributed by atoms with Gasteiger partial charge in [0.1, 0.15) is 0 Å². The molecule has 4 heteroatoms. The molecule has 0 bridgehead atoms. The fourth-order valence-corrected chi connectivity index (χ4v) is 2.28. The van der Waals surface area contributed by atoms with Gasteiger partial charge in [0.2, 0.25) is 0 Å². The molecule has 1 aromatic heterocycles. The number of H-pyrrole nitrogens is 1. The minimum absolute atomic E-state index is 0.140. The molecular weight excluding hydrogens is 250 g/mol. The molecular formula is C16H15N3O. The van der Waals surface area contributed by atoms with E-state index in [0.29, 0.717) is 12.1 Å². The van der Waals surface area contributed by atoms with Gasteiger partial charge in [-0.15, -0.1) is 0 Å². The predicted octanol–water partition coefficient (Wildman–Crippen LogP) is 2.88. The number of nitrogens with one attached hydrogen (secondary N) is 2. The normalized spacial score (nSPS) is 10.7. The molecule has 3 aromatic rings. The molecule has 0 saturated heterocycles. The van der Waals surface area contributed by atoms with Gasteiger partial charge in [-0.3, -0.25) is 4.79 Å². The van der Waals surface area contributed by atoms with Crippen LogP contribution in [0.4, 0.5) is 5.69 Å². The number of carbonyl (C=O) groups is 1. The number of aromatic nitrogens is 1. The fraction of sp³-hybridized carbons (Fsp3) is 0.0625. The number of para-hydroxylation sites is 2. The van der Waals surface area contributed by atoms with Gasteiger partial charge < -0.3 is 16.0 Å². The van der Waals surface area contributed by atoms with Gasteiger partial charge in [-0.05, 0) is 23.8 Å². The number of benzene rings is 2. The van der Waals surface area contributed by atoms with Crippen LogP contribution in [-0.2, 0) is 6.54 Å². The van der Waals surface area contributed by atoms with E-state index in [1.54, 1.807) is 6.07 Å². The van der Waals surface area contributed by atoms with E-state index >= 15 is 0 Å². The van der Waals surface area contributed by atoms with Crippen molar-refractivity contribution in [1.82, 2.24) is 4.98 Å². The van der Waals surface area contributed by atoms with Gasteiger partial charge in [0, 0.05) is 23.8 Å². The molecule has 3 rings (SSSR count). The van der Waals surface area contributed by atoms with E-state index < -0.39 is 0 Å². The smallest absolute Gasteiger partial charge is 0.257 e. The van der Waals surface area contributed by atoms with Crippen LogP contribution in [0.25, 0.3) is 10.9 Å². The highest BCUT2D eigenvalue weighted by Crippen LogP contribution is 2.20. The molecule has 0 fully saturated rings. The minimum Gasteiger partial charge on any atom is -0.361 e. The van der Waals surface area contributed by atoms with E-state index in [9.17, 15) is 4.79 Å². The molecule has 20 heavy (non-hydrogen) atoms. The topological polar surface area (TPSA) is 70.9 Å². The lowest BCUT2D eigenvalue weighted by Gasteiger charge is -2.10. The molecule has 1 heterocycles. The first-order valence-corrected chi connectivity index (χ1v) is 6.45. The van der Waals surface area contributed by atoms with Crippen LogP contribution in [0.3, 0.4) is 0 Å². The molecule has 0 aliphatic rings. The maximum atomic E-state index is 12.4. The average molecular weight is 265 g/mol. The number of fused-ring (bicyclic) bond motifs is 1. The van der Waals surface area contributed by atoms with E-state index in [4.69, 9.17) is 5.73 Å². The van der Waals surface area contributed by atoms with Crippen molar-refractivity contribution in [1.29, 1.82) is 0 Å². The Morgan fingerprint density at radius 3 is 2.80 bits per heavy atom. The van der Waals surface area contributed by atoms with Gasteiger partial charge >= 0.3 is 0 Å². The summed E-state index contributed by atoms with van der Waals surface area (Å²) < 4.78 is 0. The first-order valence-electron chi connectivity index (χ1n) is 6.45. The second-order valence-corrected chi connectivity index (χ2v) is 4.56. The summed E-state index contributed by atoms with van der Waals surface area (Å²) in [5, 5.41) is 3.94. The van der Waals surface area contributed by atoms with E-state index in [-0.39, 0.29) is 5.91 Å². The third kappa shape index (κ3) is 2.17. The van der Waals surface area contributed by atoms with Gasteiger partial charge in [-0.25, -0.2) is 0 Å². The molecule has 0 atom stereocenters. The van der Waals surface area contributed by atoms with Crippen molar-refractivity contribution in [2.45, 2.75) is 6.54 Å². The fourth-order valence-electron chi connectivity index (χ4n) is 2.28. The number of rotatable bonds is 3. The summed E-state index contributed by atoms with van der Waals surface area (Å²) in [6.07, 6.45) is 1.83. The summed E-state index contributed by atoms with van der Waals surface area (Å²) in [6.45, 7) is 0.392. The van der Waals surface area contributed by atoms with Crippen LogP contribution >= 0.6 is 0 Å².